The lowest BCUT2D eigenvalue weighted by Crippen LogP contribution is -2.34. The average molecular weight is 248 g/mol. The average Bonchev–Trinajstić information content (AvgIpc) is 2.82. The highest BCUT2D eigenvalue weighted by Crippen LogP contribution is 2.19. The lowest BCUT2D eigenvalue weighted by atomic mass is 10.3. The van der Waals surface area contributed by atoms with Gasteiger partial charge in [0.2, 0.25) is 0 Å². The van der Waals surface area contributed by atoms with Crippen LogP contribution in [0, 0.1) is 0 Å². The zero-order valence-corrected chi connectivity index (χ0v) is 10.9. The van der Waals surface area contributed by atoms with E-state index in [0.717, 1.165) is 18.8 Å². The standard InChI is InChI=1S/C13H20N4O/c1-10(2)15-13(18)16-12-6-5-11(9-14-12)17-7-3-4-8-17/h5-6,9-10H,3-4,7-8H2,1-2H3,(H2,14,15,16,18). The maximum absolute atomic E-state index is 11.5. The molecule has 2 rings (SSSR count). The fourth-order valence-electron chi connectivity index (χ4n) is 2.04. The van der Waals surface area contributed by atoms with Crippen molar-refractivity contribution < 1.29 is 4.79 Å². The summed E-state index contributed by atoms with van der Waals surface area (Å²) in [5, 5.41) is 5.47. The number of nitrogens with zero attached hydrogens (tertiary/aromatic N) is 2. The van der Waals surface area contributed by atoms with Crippen LogP contribution in [0.5, 0.6) is 0 Å². The van der Waals surface area contributed by atoms with Gasteiger partial charge in [-0.05, 0) is 38.8 Å². The van der Waals surface area contributed by atoms with Crippen molar-refractivity contribution in [2.24, 2.45) is 0 Å². The quantitative estimate of drug-likeness (QED) is 0.862. The second kappa shape index (κ2) is 5.71. The lowest BCUT2D eigenvalue weighted by Gasteiger charge is -2.17. The molecule has 0 bridgehead atoms. The number of aromatic nitrogens is 1. The van der Waals surface area contributed by atoms with E-state index in [-0.39, 0.29) is 12.1 Å². The van der Waals surface area contributed by atoms with E-state index >= 15 is 0 Å². The van der Waals surface area contributed by atoms with Gasteiger partial charge in [-0.1, -0.05) is 0 Å². The number of anilines is 2. The van der Waals surface area contributed by atoms with Gasteiger partial charge in [0.15, 0.2) is 0 Å². The second-order valence-electron chi connectivity index (χ2n) is 4.85. The number of nitrogens with one attached hydrogen (secondary N) is 2. The van der Waals surface area contributed by atoms with E-state index in [1.165, 1.54) is 12.8 Å². The summed E-state index contributed by atoms with van der Waals surface area (Å²) in [4.78, 5) is 18.1. The van der Waals surface area contributed by atoms with Gasteiger partial charge in [0.1, 0.15) is 5.82 Å². The van der Waals surface area contributed by atoms with Crippen LogP contribution < -0.4 is 15.5 Å². The lowest BCUT2D eigenvalue weighted by molar-refractivity contribution is 0.250. The molecule has 2 amide bonds. The van der Waals surface area contributed by atoms with Crippen LogP contribution in [0.25, 0.3) is 0 Å². The minimum atomic E-state index is -0.216. The molecule has 0 aliphatic carbocycles. The first-order valence-electron chi connectivity index (χ1n) is 6.43. The molecule has 0 saturated carbocycles. The molecule has 0 spiro atoms. The monoisotopic (exact) mass is 248 g/mol. The summed E-state index contributed by atoms with van der Waals surface area (Å²) in [5.74, 6) is 0.580. The van der Waals surface area contributed by atoms with E-state index in [1.807, 2.05) is 32.2 Å². The molecule has 1 aliphatic rings. The Balaban J connectivity index is 1.93. The van der Waals surface area contributed by atoms with Gasteiger partial charge in [-0.25, -0.2) is 9.78 Å². The number of amides is 2. The Kier molecular flexibility index (Phi) is 4.02. The highest BCUT2D eigenvalue weighted by molar-refractivity contribution is 5.88. The van der Waals surface area contributed by atoms with Crippen molar-refractivity contribution in [1.82, 2.24) is 10.3 Å². The number of pyridine rings is 1. The smallest absolute Gasteiger partial charge is 0.320 e. The van der Waals surface area contributed by atoms with E-state index in [4.69, 9.17) is 0 Å². The first-order valence-corrected chi connectivity index (χ1v) is 6.43. The number of hydrogen-bond donors (Lipinski definition) is 2. The first-order chi connectivity index (χ1) is 8.65. The summed E-state index contributed by atoms with van der Waals surface area (Å²) in [5.41, 5.74) is 1.13. The third-order valence-corrected chi connectivity index (χ3v) is 2.88. The van der Waals surface area contributed by atoms with Gasteiger partial charge in [-0.2, -0.15) is 0 Å². The highest BCUT2D eigenvalue weighted by atomic mass is 16.2. The first kappa shape index (κ1) is 12.7. The molecule has 0 unspecified atom stereocenters. The molecule has 0 radical (unpaired) electrons. The van der Waals surface area contributed by atoms with Gasteiger partial charge in [0.05, 0.1) is 11.9 Å². The number of hydrogen-bond acceptors (Lipinski definition) is 3. The van der Waals surface area contributed by atoms with Crippen molar-refractivity contribution in [1.29, 1.82) is 0 Å². The molecule has 5 nitrogen and oxygen atoms in total. The van der Waals surface area contributed by atoms with Crippen LogP contribution >= 0.6 is 0 Å². The number of carbonyl (C=O) groups excluding carboxylic acids is 1. The Hall–Kier alpha value is -1.78. The Morgan fingerprint density at radius 1 is 1.33 bits per heavy atom. The molecule has 1 aromatic heterocycles. The normalized spacial score (nSPS) is 14.9. The fourth-order valence-corrected chi connectivity index (χ4v) is 2.04. The minimum absolute atomic E-state index is 0.119. The van der Waals surface area contributed by atoms with Crippen molar-refractivity contribution in [3.63, 3.8) is 0 Å². The van der Waals surface area contributed by atoms with Crippen molar-refractivity contribution in [3.8, 4) is 0 Å². The zero-order valence-electron chi connectivity index (χ0n) is 10.9. The van der Waals surface area contributed by atoms with Gasteiger partial charge >= 0.3 is 6.03 Å². The molecule has 2 heterocycles. The van der Waals surface area contributed by atoms with Gasteiger partial charge in [-0.3, -0.25) is 5.32 Å². The van der Waals surface area contributed by atoms with Crippen molar-refractivity contribution >= 4 is 17.5 Å². The maximum atomic E-state index is 11.5. The molecule has 1 aromatic rings. The highest BCUT2D eigenvalue weighted by Gasteiger charge is 2.12. The summed E-state index contributed by atoms with van der Waals surface area (Å²) in [6, 6.07) is 3.75. The second-order valence-corrected chi connectivity index (χ2v) is 4.85. The molecule has 1 saturated heterocycles. The predicted molar refractivity (Wildman–Crippen MR) is 73.0 cm³/mol. The molecular weight excluding hydrogens is 228 g/mol. The third-order valence-electron chi connectivity index (χ3n) is 2.88. The summed E-state index contributed by atoms with van der Waals surface area (Å²) in [7, 11) is 0. The Labute approximate surface area is 108 Å². The van der Waals surface area contributed by atoms with Crippen molar-refractivity contribution in [2.45, 2.75) is 32.7 Å². The summed E-state index contributed by atoms with van der Waals surface area (Å²) >= 11 is 0. The molecule has 0 aromatic carbocycles. The van der Waals surface area contributed by atoms with Crippen LogP contribution in [0.1, 0.15) is 26.7 Å². The Bertz CT molecular complexity index is 396. The SMILES string of the molecule is CC(C)NC(=O)Nc1ccc(N2CCCC2)cn1. The van der Waals surface area contributed by atoms with Gasteiger partial charge in [0.25, 0.3) is 0 Å². The van der Waals surface area contributed by atoms with Gasteiger partial charge < -0.3 is 10.2 Å². The summed E-state index contributed by atoms with van der Waals surface area (Å²) < 4.78 is 0. The molecule has 5 heteroatoms. The molecule has 18 heavy (non-hydrogen) atoms. The fraction of sp³-hybridized carbons (Fsp3) is 0.538. The topological polar surface area (TPSA) is 57.3 Å². The van der Waals surface area contributed by atoms with Crippen molar-refractivity contribution in [2.75, 3.05) is 23.3 Å². The van der Waals surface area contributed by atoms with Crippen LogP contribution in [-0.4, -0.2) is 30.1 Å². The third kappa shape index (κ3) is 3.35. The van der Waals surface area contributed by atoms with Crippen LogP contribution in [0.15, 0.2) is 18.3 Å². The van der Waals surface area contributed by atoms with Crippen molar-refractivity contribution in [3.05, 3.63) is 18.3 Å². The predicted octanol–water partition coefficient (Wildman–Crippen LogP) is 2.21. The van der Waals surface area contributed by atoms with E-state index in [2.05, 4.69) is 20.5 Å². The largest absolute Gasteiger partial charge is 0.370 e. The molecule has 0 atom stereocenters. The van der Waals surface area contributed by atoms with Crippen LogP contribution in [0.4, 0.5) is 16.3 Å². The Morgan fingerprint density at radius 3 is 2.61 bits per heavy atom. The molecule has 2 N–H and O–H groups in total. The summed E-state index contributed by atoms with van der Waals surface area (Å²) in [6.45, 7) is 6.04. The molecule has 98 valence electrons. The maximum Gasteiger partial charge on any atom is 0.320 e. The Morgan fingerprint density at radius 2 is 2.06 bits per heavy atom. The van der Waals surface area contributed by atoms with Crippen LogP contribution in [0.3, 0.4) is 0 Å². The van der Waals surface area contributed by atoms with Gasteiger partial charge in [-0.15, -0.1) is 0 Å². The number of carbonyl (C=O) groups is 1. The van der Waals surface area contributed by atoms with E-state index in [9.17, 15) is 4.79 Å². The summed E-state index contributed by atoms with van der Waals surface area (Å²) in [6.07, 6.45) is 4.31. The van der Waals surface area contributed by atoms with Crippen LogP contribution in [0.2, 0.25) is 0 Å². The zero-order chi connectivity index (χ0) is 13.0. The number of rotatable bonds is 3. The molecule has 1 aliphatic heterocycles. The molecule has 1 fully saturated rings. The number of urea groups is 1. The molecular formula is C13H20N4O. The van der Waals surface area contributed by atoms with Crippen LogP contribution in [-0.2, 0) is 0 Å². The van der Waals surface area contributed by atoms with Gasteiger partial charge in [0, 0.05) is 19.1 Å². The van der Waals surface area contributed by atoms with E-state index in [0.29, 0.717) is 5.82 Å². The van der Waals surface area contributed by atoms with E-state index in [1.54, 1.807) is 0 Å². The van der Waals surface area contributed by atoms with E-state index < -0.39 is 0 Å². The minimum Gasteiger partial charge on any atom is -0.370 e.